The summed E-state index contributed by atoms with van der Waals surface area (Å²) in [6.45, 7) is 6.66. The molecule has 0 saturated carbocycles. The number of amides is 1. The average Bonchev–Trinajstić information content (AvgIpc) is 3.15. The lowest BCUT2D eigenvalue weighted by atomic mass is 10.1. The zero-order chi connectivity index (χ0) is 19.0. The van der Waals surface area contributed by atoms with Gasteiger partial charge in [-0.25, -0.2) is 9.97 Å². The van der Waals surface area contributed by atoms with Crippen molar-refractivity contribution in [2.24, 2.45) is 7.05 Å². The number of carbonyl (C=O) groups excluding carboxylic acids is 1. The van der Waals surface area contributed by atoms with Gasteiger partial charge in [-0.3, -0.25) is 9.48 Å². The number of anilines is 1. The Morgan fingerprint density at radius 2 is 2.00 bits per heavy atom. The van der Waals surface area contributed by atoms with Crippen molar-refractivity contribution >= 4 is 11.7 Å². The fourth-order valence-corrected chi connectivity index (χ4v) is 3.67. The zero-order valence-electron chi connectivity index (χ0n) is 16.6. The Balaban J connectivity index is 1.85. The number of hydrogen-bond donors (Lipinski definition) is 0. The molecule has 1 aliphatic rings. The Morgan fingerprint density at radius 3 is 2.62 bits per heavy atom. The number of likely N-dealkylation sites (tertiary alicyclic amines) is 1. The molecule has 1 amide bonds. The van der Waals surface area contributed by atoms with Crippen LogP contribution in [0.3, 0.4) is 0 Å². The first-order chi connectivity index (χ1) is 12.3. The Bertz CT molecular complexity index is 826. The highest BCUT2D eigenvalue weighted by molar-refractivity contribution is 5.80. The van der Waals surface area contributed by atoms with Gasteiger partial charge in [0.25, 0.3) is 0 Å². The molecule has 0 bridgehead atoms. The van der Waals surface area contributed by atoms with Crippen LogP contribution < -0.4 is 4.90 Å². The molecule has 3 rings (SSSR count). The molecule has 0 aliphatic carbocycles. The topological polar surface area (TPSA) is 67.2 Å². The van der Waals surface area contributed by atoms with Gasteiger partial charge in [0.05, 0.1) is 23.9 Å². The molecule has 3 heterocycles. The number of nitrogens with zero attached hydrogens (tertiary/aromatic N) is 6. The molecule has 7 heteroatoms. The van der Waals surface area contributed by atoms with E-state index in [0.29, 0.717) is 6.42 Å². The highest BCUT2D eigenvalue weighted by Crippen LogP contribution is 2.33. The predicted molar refractivity (Wildman–Crippen MR) is 101 cm³/mol. The van der Waals surface area contributed by atoms with Gasteiger partial charge in [-0.2, -0.15) is 5.10 Å². The van der Waals surface area contributed by atoms with Gasteiger partial charge in [0, 0.05) is 45.0 Å². The summed E-state index contributed by atoms with van der Waals surface area (Å²) in [5.41, 5.74) is 3.96. The Morgan fingerprint density at radius 1 is 1.27 bits per heavy atom. The summed E-state index contributed by atoms with van der Waals surface area (Å²) < 4.78 is 1.84. The van der Waals surface area contributed by atoms with Gasteiger partial charge in [-0.1, -0.05) is 0 Å². The third-order valence-electron chi connectivity index (χ3n) is 5.20. The van der Waals surface area contributed by atoms with Gasteiger partial charge in [0.15, 0.2) is 0 Å². The molecule has 0 spiro atoms. The lowest BCUT2D eigenvalue weighted by molar-refractivity contribution is -0.131. The molecular weight excluding hydrogens is 328 g/mol. The molecule has 26 heavy (non-hydrogen) atoms. The highest BCUT2D eigenvalue weighted by atomic mass is 16.2. The predicted octanol–water partition coefficient (Wildman–Crippen LogP) is 2.11. The second kappa shape index (κ2) is 7.05. The molecule has 7 nitrogen and oxygen atoms in total. The van der Waals surface area contributed by atoms with Crippen LogP contribution >= 0.6 is 0 Å². The standard InChI is InChI=1S/C19H28N6O/c1-12-15(13(2)24(6)22-12)10-19(26)25-9-7-8-17(25)16-11-18(23(4)5)21-14(3)20-16/h11,17H,7-10H2,1-6H3/t17-/m0/s1. The van der Waals surface area contributed by atoms with Crippen LogP contribution in [0.4, 0.5) is 5.82 Å². The summed E-state index contributed by atoms with van der Waals surface area (Å²) in [6.07, 6.45) is 2.34. The lowest BCUT2D eigenvalue weighted by Crippen LogP contribution is -2.32. The molecule has 0 aromatic carbocycles. The van der Waals surface area contributed by atoms with Crippen LogP contribution in [0.15, 0.2) is 6.07 Å². The molecule has 1 saturated heterocycles. The first-order valence-corrected chi connectivity index (χ1v) is 9.09. The fourth-order valence-electron chi connectivity index (χ4n) is 3.67. The largest absolute Gasteiger partial charge is 0.363 e. The number of rotatable bonds is 4. The monoisotopic (exact) mass is 356 g/mol. The van der Waals surface area contributed by atoms with Crippen molar-refractivity contribution in [2.75, 3.05) is 25.5 Å². The molecule has 0 radical (unpaired) electrons. The average molecular weight is 356 g/mol. The minimum Gasteiger partial charge on any atom is -0.363 e. The maximum Gasteiger partial charge on any atom is 0.227 e. The summed E-state index contributed by atoms with van der Waals surface area (Å²) in [6, 6.07) is 2.03. The Labute approximate surface area is 155 Å². The Hall–Kier alpha value is -2.44. The van der Waals surface area contributed by atoms with E-state index in [1.54, 1.807) is 0 Å². The number of aryl methyl sites for hydroxylation is 3. The van der Waals surface area contributed by atoms with Crippen molar-refractivity contribution in [2.45, 2.75) is 46.1 Å². The van der Waals surface area contributed by atoms with Crippen molar-refractivity contribution in [3.8, 4) is 0 Å². The van der Waals surface area contributed by atoms with Crippen LogP contribution in [0.25, 0.3) is 0 Å². The SMILES string of the molecule is Cc1nc([C@@H]2CCCN2C(=O)Cc2c(C)nn(C)c2C)cc(N(C)C)n1. The van der Waals surface area contributed by atoms with E-state index in [0.717, 1.165) is 53.7 Å². The van der Waals surface area contributed by atoms with E-state index in [-0.39, 0.29) is 11.9 Å². The summed E-state index contributed by atoms with van der Waals surface area (Å²) in [5.74, 6) is 1.77. The van der Waals surface area contributed by atoms with E-state index >= 15 is 0 Å². The maximum atomic E-state index is 13.1. The van der Waals surface area contributed by atoms with Gasteiger partial charge in [-0.05, 0) is 33.6 Å². The second-order valence-electron chi connectivity index (χ2n) is 7.29. The van der Waals surface area contributed by atoms with Gasteiger partial charge < -0.3 is 9.80 Å². The van der Waals surface area contributed by atoms with Crippen molar-refractivity contribution in [3.05, 3.63) is 34.5 Å². The third-order valence-corrected chi connectivity index (χ3v) is 5.20. The summed E-state index contributed by atoms with van der Waals surface area (Å²) in [4.78, 5) is 26.1. The molecule has 1 fully saturated rings. The molecule has 1 aliphatic heterocycles. The molecule has 2 aromatic heterocycles. The van der Waals surface area contributed by atoms with Crippen LogP contribution in [0, 0.1) is 20.8 Å². The summed E-state index contributed by atoms with van der Waals surface area (Å²) >= 11 is 0. The summed E-state index contributed by atoms with van der Waals surface area (Å²) in [7, 11) is 5.86. The van der Waals surface area contributed by atoms with Crippen LogP contribution in [-0.4, -0.2) is 51.2 Å². The maximum absolute atomic E-state index is 13.1. The smallest absolute Gasteiger partial charge is 0.227 e. The zero-order valence-corrected chi connectivity index (χ0v) is 16.6. The van der Waals surface area contributed by atoms with E-state index in [4.69, 9.17) is 0 Å². The number of hydrogen-bond acceptors (Lipinski definition) is 5. The number of carbonyl (C=O) groups is 1. The van der Waals surface area contributed by atoms with Crippen LogP contribution in [0.5, 0.6) is 0 Å². The highest BCUT2D eigenvalue weighted by Gasteiger charge is 2.32. The molecule has 1 atom stereocenters. The van der Waals surface area contributed by atoms with Crippen molar-refractivity contribution in [1.29, 1.82) is 0 Å². The van der Waals surface area contributed by atoms with Crippen molar-refractivity contribution in [3.63, 3.8) is 0 Å². The van der Waals surface area contributed by atoms with Crippen molar-refractivity contribution in [1.82, 2.24) is 24.6 Å². The Kier molecular flexibility index (Phi) is 4.98. The molecular formula is C19H28N6O. The molecule has 0 unspecified atom stereocenters. The quantitative estimate of drug-likeness (QED) is 0.839. The van der Waals surface area contributed by atoms with E-state index < -0.39 is 0 Å². The van der Waals surface area contributed by atoms with Gasteiger partial charge in [0.2, 0.25) is 5.91 Å². The van der Waals surface area contributed by atoms with Crippen molar-refractivity contribution < 1.29 is 4.79 Å². The normalized spacial score (nSPS) is 17.0. The summed E-state index contributed by atoms with van der Waals surface area (Å²) in [5, 5.41) is 4.43. The van der Waals surface area contributed by atoms with E-state index in [9.17, 15) is 4.79 Å². The van der Waals surface area contributed by atoms with E-state index in [1.807, 2.05) is 62.5 Å². The van der Waals surface area contributed by atoms with Gasteiger partial charge in [-0.15, -0.1) is 0 Å². The second-order valence-corrected chi connectivity index (χ2v) is 7.29. The lowest BCUT2D eigenvalue weighted by Gasteiger charge is -2.25. The van der Waals surface area contributed by atoms with Gasteiger partial charge in [0.1, 0.15) is 11.6 Å². The molecule has 2 aromatic rings. The molecule has 0 N–H and O–H groups in total. The van der Waals surface area contributed by atoms with Crippen LogP contribution in [0.2, 0.25) is 0 Å². The first-order valence-electron chi connectivity index (χ1n) is 9.09. The van der Waals surface area contributed by atoms with Crippen LogP contribution in [0.1, 0.15) is 47.4 Å². The molecule has 140 valence electrons. The minimum absolute atomic E-state index is 0.0279. The van der Waals surface area contributed by atoms with E-state index in [2.05, 4.69) is 15.1 Å². The van der Waals surface area contributed by atoms with Crippen LogP contribution in [-0.2, 0) is 18.3 Å². The van der Waals surface area contributed by atoms with E-state index in [1.165, 1.54) is 0 Å². The number of aromatic nitrogens is 4. The third kappa shape index (κ3) is 3.43. The first kappa shape index (κ1) is 18.4. The minimum atomic E-state index is 0.0279. The van der Waals surface area contributed by atoms with Gasteiger partial charge >= 0.3 is 0 Å². The fraction of sp³-hybridized carbons (Fsp3) is 0.579.